The molecule has 2 N–H and O–H groups in total. The molecule has 38 heavy (non-hydrogen) atoms. The number of ether oxygens (including phenoxy) is 1. The average Bonchev–Trinajstić information content (AvgIpc) is 2.87. The van der Waals surface area contributed by atoms with Crippen molar-refractivity contribution in [2.24, 2.45) is 0 Å². The first-order valence-corrected chi connectivity index (χ1v) is 11.9. The van der Waals surface area contributed by atoms with Gasteiger partial charge in [-0.15, -0.1) is 0 Å². The SMILES string of the molecule is CCc1c(F)ccc2cc(O)cc(-c3ncc4c(N5CCCC(O)(C(F)(F)F)C5)nc(OC)nc4c3F)c12. The summed E-state index contributed by atoms with van der Waals surface area (Å²) in [6.45, 7) is 1.04. The van der Waals surface area contributed by atoms with Gasteiger partial charge in [0.25, 0.3) is 0 Å². The molecule has 12 heteroatoms. The van der Waals surface area contributed by atoms with Gasteiger partial charge in [0.2, 0.25) is 0 Å². The molecule has 1 fully saturated rings. The molecule has 1 unspecified atom stereocenters. The Balaban J connectivity index is 1.74. The lowest BCUT2D eigenvalue weighted by Gasteiger charge is -2.40. The molecule has 1 aliphatic heterocycles. The minimum absolute atomic E-state index is 0.00447. The van der Waals surface area contributed by atoms with Crippen molar-refractivity contribution in [3.8, 4) is 23.0 Å². The number of phenols is 1. The Labute approximate surface area is 213 Å². The molecule has 1 saturated heterocycles. The van der Waals surface area contributed by atoms with E-state index < -0.39 is 36.4 Å². The van der Waals surface area contributed by atoms with E-state index in [0.717, 1.165) is 0 Å². The molecule has 0 aliphatic carbocycles. The van der Waals surface area contributed by atoms with Crippen LogP contribution in [0.2, 0.25) is 0 Å². The second-order valence-corrected chi connectivity index (χ2v) is 9.24. The van der Waals surface area contributed by atoms with Crippen LogP contribution in [0.25, 0.3) is 32.9 Å². The van der Waals surface area contributed by atoms with Crippen LogP contribution in [0.1, 0.15) is 25.3 Å². The molecule has 4 aromatic rings. The number of aliphatic hydroxyl groups is 1. The number of benzene rings is 2. The molecule has 2 aromatic carbocycles. The highest BCUT2D eigenvalue weighted by Gasteiger charge is 2.55. The lowest BCUT2D eigenvalue weighted by Crippen LogP contribution is -2.57. The van der Waals surface area contributed by atoms with Crippen molar-refractivity contribution >= 4 is 27.5 Å². The molecule has 1 atom stereocenters. The van der Waals surface area contributed by atoms with Crippen LogP contribution in [-0.2, 0) is 6.42 Å². The zero-order chi connectivity index (χ0) is 27.4. The van der Waals surface area contributed by atoms with Gasteiger partial charge in [0.1, 0.15) is 28.6 Å². The second kappa shape index (κ2) is 9.19. The van der Waals surface area contributed by atoms with Gasteiger partial charge in [-0.25, -0.2) is 8.78 Å². The van der Waals surface area contributed by atoms with E-state index in [0.29, 0.717) is 16.3 Å². The van der Waals surface area contributed by atoms with Crippen LogP contribution in [0.4, 0.5) is 27.8 Å². The lowest BCUT2D eigenvalue weighted by molar-refractivity contribution is -0.261. The summed E-state index contributed by atoms with van der Waals surface area (Å²) < 4.78 is 76.6. The number of aromatic hydroxyl groups is 1. The fourth-order valence-corrected chi connectivity index (χ4v) is 5.02. The first kappa shape index (κ1) is 25.8. The highest BCUT2D eigenvalue weighted by molar-refractivity contribution is 6.01. The number of rotatable bonds is 4. The Morgan fingerprint density at radius 3 is 2.61 bits per heavy atom. The maximum atomic E-state index is 16.1. The number of hydrogen-bond donors (Lipinski definition) is 2. The van der Waals surface area contributed by atoms with E-state index in [1.54, 1.807) is 6.92 Å². The normalized spacial score (nSPS) is 18.4. The number of fused-ring (bicyclic) bond motifs is 2. The zero-order valence-corrected chi connectivity index (χ0v) is 20.4. The topological polar surface area (TPSA) is 91.6 Å². The van der Waals surface area contributed by atoms with Gasteiger partial charge in [-0.2, -0.15) is 23.1 Å². The Bertz CT molecular complexity index is 1560. The molecule has 0 amide bonds. The maximum absolute atomic E-state index is 16.1. The molecule has 7 nitrogen and oxygen atoms in total. The summed E-state index contributed by atoms with van der Waals surface area (Å²) in [7, 11) is 1.23. The van der Waals surface area contributed by atoms with Crippen molar-refractivity contribution < 1.29 is 36.9 Å². The van der Waals surface area contributed by atoms with Crippen LogP contribution < -0.4 is 9.64 Å². The predicted molar refractivity (Wildman–Crippen MR) is 130 cm³/mol. The summed E-state index contributed by atoms with van der Waals surface area (Å²) in [4.78, 5) is 13.7. The number of aromatic nitrogens is 3. The van der Waals surface area contributed by atoms with Gasteiger partial charge < -0.3 is 19.8 Å². The summed E-state index contributed by atoms with van der Waals surface area (Å²) in [5, 5.41) is 21.4. The molecule has 0 bridgehead atoms. The monoisotopic (exact) mass is 534 g/mol. The van der Waals surface area contributed by atoms with Crippen LogP contribution in [0.3, 0.4) is 0 Å². The largest absolute Gasteiger partial charge is 0.508 e. The Kier molecular flexibility index (Phi) is 6.25. The van der Waals surface area contributed by atoms with Gasteiger partial charge in [0.15, 0.2) is 11.4 Å². The number of alkyl halides is 3. The number of methoxy groups -OCH3 is 1. The minimum Gasteiger partial charge on any atom is -0.508 e. The summed E-state index contributed by atoms with van der Waals surface area (Å²) in [6, 6.07) is 5.13. The zero-order valence-electron chi connectivity index (χ0n) is 20.4. The number of pyridine rings is 1. The van der Waals surface area contributed by atoms with Gasteiger partial charge in [0.05, 0.1) is 19.0 Å². The Morgan fingerprint density at radius 1 is 1.16 bits per heavy atom. The first-order chi connectivity index (χ1) is 18.0. The molecular formula is C26H23F5N4O3. The average molecular weight is 534 g/mol. The van der Waals surface area contributed by atoms with Gasteiger partial charge in [-0.3, -0.25) is 4.98 Å². The third kappa shape index (κ3) is 4.12. The fourth-order valence-electron chi connectivity index (χ4n) is 5.02. The van der Waals surface area contributed by atoms with Gasteiger partial charge in [-0.1, -0.05) is 13.0 Å². The van der Waals surface area contributed by atoms with E-state index in [1.165, 1.54) is 42.5 Å². The summed E-state index contributed by atoms with van der Waals surface area (Å²) in [6.07, 6.45) is -3.85. The number of piperidine rings is 1. The molecule has 200 valence electrons. The summed E-state index contributed by atoms with van der Waals surface area (Å²) >= 11 is 0. The highest BCUT2D eigenvalue weighted by Crippen LogP contribution is 2.41. The van der Waals surface area contributed by atoms with Crippen LogP contribution in [0, 0.1) is 11.6 Å². The molecule has 1 aliphatic rings. The lowest BCUT2D eigenvalue weighted by atomic mass is 9.92. The quantitative estimate of drug-likeness (QED) is 0.344. The summed E-state index contributed by atoms with van der Waals surface area (Å²) in [5.74, 6) is -1.72. The molecule has 0 spiro atoms. The first-order valence-electron chi connectivity index (χ1n) is 11.9. The molecule has 2 aromatic heterocycles. The number of aryl methyl sites for hydroxylation is 1. The minimum atomic E-state index is -4.88. The molecule has 0 saturated carbocycles. The van der Waals surface area contributed by atoms with E-state index in [9.17, 15) is 27.8 Å². The van der Waals surface area contributed by atoms with Crippen LogP contribution in [0.5, 0.6) is 11.8 Å². The number of halogens is 5. The summed E-state index contributed by atoms with van der Waals surface area (Å²) in [5.41, 5.74) is -3.07. The van der Waals surface area contributed by atoms with Crippen molar-refractivity contribution in [1.82, 2.24) is 15.0 Å². The van der Waals surface area contributed by atoms with Crippen molar-refractivity contribution in [3.05, 3.63) is 47.7 Å². The third-order valence-corrected chi connectivity index (χ3v) is 6.89. The third-order valence-electron chi connectivity index (χ3n) is 6.89. The van der Waals surface area contributed by atoms with Crippen molar-refractivity contribution in [2.75, 3.05) is 25.1 Å². The van der Waals surface area contributed by atoms with Crippen LogP contribution in [-0.4, -0.2) is 57.1 Å². The van der Waals surface area contributed by atoms with Crippen molar-refractivity contribution in [2.45, 2.75) is 38.0 Å². The second-order valence-electron chi connectivity index (χ2n) is 9.24. The number of phenolic OH excluding ortho intramolecular Hbond substituents is 1. The molecule has 5 rings (SSSR count). The molecule has 0 radical (unpaired) electrons. The van der Waals surface area contributed by atoms with Crippen molar-refractivity contribution in [1.29, 1.82) is 0 Å². The van der Waals surface area contributed by atoms with Crippen LogP contribution >= 0.6 is 0 Å². The molecular weight excluding hydrogens is 511 g/mol. The number of anilines is 1. The molecule has 3 heterocycles. The van der Waals surface area contributed by atoms with Gasteiger partial charge in [0, 0.05) is 18.3 Å². The maximum Gasteiger partial charge on any atom is 0.418 e. The van der Waals surface area contributed by atoms with E-state index in [4.69, 9.17) is 4.74 Å². The van der Waals surface area contributed by atoms with Crippen LogP contribution in [0.15, 0.2) is 30.5 Å². The standard InChI is InChI=1S/C26H23F5N4O3/c1-3-15-18(27)6-5-13-9-14(36)10-16(19(13)15)21-20(28)22-17(11-32-21)23(34-24(33-22)38-2)35-8-4-7-25(37,12-35)26(29,30)31/h5-6,9-11,36-37H,3-4,7-8,12H2,1-2H3. The van der Waals surface area contributed by atoms with E-state index in [2.05, 4.69) is 15.0 Å². The number of hydrogen-bond acceptors (Lipinski definition) is 7. The van der Waals surface area contributed by atoms with Gasteiger partial charge >= 0.3 is 12.2 Å². The highest BCUT2D eigenvalue weighted by atomic mass is 19.4. The predicted octanol–water partition coefficient (Wildman–Crippen LogP) is 5.29. The van der Waals surface area contributed by atoms with E-state index >= 15 is 4.39 Å². The Hall–Kier alpha value is -3.80. The van der Waals surface area contributed by atoms with Crippen molar-refractivity contribution in [3.63, 3.8) is 0 Å². The smallest absolute Gasteiger partial charge is 0.418 e. The van der Waals surface area contributed by atoms with Gasteiger partial charge in [-0.05, 0) is 53.8 Å². The number of nitrogens with zero attached hydrogens (tertiary/aromatic N) is 4. The van der Waals surface area contributed by atoms with E-state index in [-0.39, 0.29) is 59.1 Å². The fraction of sp³-hybridized carbons (Fsp3) is 0.346. The Morgan fingerprint density at radius 2 is 1.92 bits per heavy atom. The number of β-amino-alcohol motifs (C(OH)–C–C–N with tert-alkyl or cyclic N) is 1. The van der Waals surface area contributed by atoms with E-state index in [1.807, 2.05) is 0 Å².